The second-order valence-electron chi connectivity index (χ2n) is 7.67. The molecular weight excluding hydrogens is 376 g/mol. The molecule has 2 aromatic carbocycles. The molecule has 0 aromatic heterocycles. The zero-order valence-electron chi connectivity index (χ0n) is 15.4. The molecule has 146 valence electrons. The molecule has 6 nitrogen and oxygen atoms in total. The fourth-order valence-corrected chi connectivity index (χ4v) is 6.71. The van der Waals surface area contributed by atoms with Crippen LogP contribution < -0.4 is 0 Å². The largest absolute Gasteiger partial charge is 0.351 e. The van der Waals surface area contributed by atoms with E-state index in [2.05, 4.69) is 0 Å². The van der Waals surface area contributed by atoms with Crippen LogP contribution in [0.25, 0.3) is 0 Å². The van der Waals surface area contributed by atoms with Gasteiger partial charge in [0, 0.05) is 19.4 Å². The summed E-state index contributed by atoms with van der Waals surface area (Å²) in [6, 6.07) is 18.4. The standard InChI is InChI=1S/C21H22N2O4S/c24-20-13-19-21(23(20)18(14-27-21)17-9-5-2-6-10-17)11-12-22(19)28(25,26)15-16-7-3-1-4-8-16/h1-10,18-19H,11-15H2/t18-,19+,21-/m0/s1. The first kappa shape index (κ1) is 17.8. The SMILES string of the molecule is O=C1C[C@H]2N(S(=O)(=O)Cc3ccccc3)CC[C@]23OC[C@@H](c2ccccc2)N13. The summed E-state index contributed by atoms with van der Waals surface area (Å²) in [5.41, 5.74) is 0.944. The van der Waals surface area contributed by atoms with Crippen LogP contribution in [0.5, 0.6) is 0 Å². The van der Waals surface area contributed by atoms with Gasteiger partial charge in [-0.3, -0.25) is 4.79 Å². The number of carbonyl (C=O) groups is 1. The predicted molar refractivity (Wildman–Crippen MR) is 104 cm³/mol. The molecule has 2 aromatic rings. The van der Waals surface area contributed by atoms with Gasteiger partial charge < -0.3 is 9.64 Å². The number of hydrogen-bond donors (Lipinski definition) is 0. The number of hydrogen-bond acceptors (Lipinski definition) is 4. The minimum atomic E-state index is -3.54. The number of benzene rings is 2. The maximum Gasteiger partial charge on any atom is 0.227 e. The van der Waals surface area contributed by atoms with E-state index in [4.69, 9.17) is 4.74 Å². The molecular formula is C21H22N2O4S. The summed E-state index contributed by atoms with van der Waals surface area (Å²) in [5, 5.41) is 0. The van der Waals surface area contributed by atoms with Crippen LogP contribution in [-0.2, 0) is 25.3 Å². The second kappa shape index (κ2) is 6.40. The fourth-order valence-electron chi connectivity index (χ4n) is 4.93. The molecule has 1 amide bonds. The Morgan fingerprint density at radius 3 is 2.43 bits per heavy atom. The first-order valence-corrected chi connectivity index (χ1v) is 11.2. The Morgan fingerprint density at radius 1 is 1.04 bits per heavy atom. The van der Waals surface area contributed by atoms with Gasteiger partial charge in [0.25, 0.3) is 0 Å². The maximum atomic E-state index is 13.1. The topological polar surface area (TPSA) is 66.9 Å². The Balaban J connectivity index is 1.45. The lowest BCUT2D eigenvalue weighted by molar-refractivity contribution is -0.138. The van der Waals surface area contributed by atoms with Crippen LogP contribution >= 0.6 is 0 Å². The van der Waals surface area contributed by atoms with Crippen LogP contribution in [0.1, 0.15) is 30.0 Å². The van der Waals surface area contributed by atoms with E-state index in [0.717, 1.165) is 11.1 Å². The van der Waals surface area contributed by atoms with Crippen molar-refractivity contribution in [3.8, 4) is 0 Å². The lowest BCUT2D eigenvalue weighted by Gasteiger charge is -2.33. The van der Waals surface area contributed by atoms with Crippen LogP contribution in [-0.4, -0.2) is 48.4 Å². The number of ether oxygens (including phenoxy) is 1. The normalized spacial score (nSPS) is 29.9. The van der Waals surface area contributed by atoms with Crippen LogP contribution in [0, 0.1) is 0 Å². The first-order chi connectivity index (χ1) is 13.5. The van der Waals surface area contributed by atoms with Crippen molar-refractivity contribution < 1.29 is 17.9 Å². The van der Waals surface area contributed by atoms with Crippen molar-refractivity contribution in [2.45, 2.75) is 36.4 Å². The highest BCUT2D eigenvalue weighted by Gasteiger charge is 2.66. The summed E-state index contributed by atoms with van der Waals surface area (Å²) in [6.07, 6.45) is 0.693. The quantitative estimate of drug-likeness (QED) is 0.793. The van der Waals surface area contributed by atoms with Crippen molar-refractivity contribution in [1.29, 1.82) is 0 Å². The predicted octanol–water partition coefficient (Wildman–Crippen LogP) is 2.29. The van der Waals surface area contributed by atoms with Gasteiger partial charge in [0.05, 0.1) is 24.4 Å². The number of amides is 1. The molecule has 0 saturated carbocycles. The van der Waals surface area contributed by atoms with Gasteiger partial charge in [0.15, 0.2) is 5.72 Å². The van der Waals surface area contributed by atoms with Crippen molar-refractivity contribution in [2.24, 2.45) is 0 Å². The van der Waals surface area contributed by atoms with Crippen LogP contribution in [0.3, 0.4) is 0 Å². The monoisotopic (exact) mass is 398 g/mol. The third kappa shape index (κ3) is 2.61. The van der Waals surface area contributed by atoms with Crippen molar-refractivity contribution in [3.05, 3.63) is 71.8 Å². The molecule has 3 fully saturated rings. The molecule has 3 aliphatic heterocycles. The Hall–Kier alpha value is -2.22. The van der Waals surface area contributed by atoms with Crippen LogP contribution in [0.15, 0.2) is 60.7 Å². The zero-order chi connectivity index (χ0) is 19.4. The summed E-state index contributed by atoms with van der Waals surface area (Å²) < 4.78 is 34.0. The van der Waals surface area contributed by atoms with Crippen molar-refractivity contribution in [2.75, 3.05) is 13.2 Å². The van der Waals surface area contributed by atoms with Gasteiger partial charge in [-0.1, -0.05) is 60.7 Å². The summed E-state index contributed by atoms with van der Waals surface area (Å²) in [6.45, 7) is 0.782. The van der Waals surface area contributed by atoms with E-state index in [1.807, 2.05) is 65.6 Å². The molecule has 3 heterocycles. The molecule has 7 heteroatoms. The van der Waals surface area contributed by atoms with E-state index in [1.165, 1.54) is 4.31 Å². The van der Waals surface area contributed by atoms with Crippen molar-refractivity contribution in [1.82, 2.24) is 9.21 Å². The van der Waals surface area contributed by atoms with E-state index in [9.17, 15) is 13.2 Å². The summed E-state index contributed by atoms with van der Waals surface area (Å²) in [4.78, 5) is 14.7. The number of carbonyl (C=O) groups excluding carboxylic acids is 1. The Bertz CT molecular complexity index is 996. The third-order valence-electron chi connectivity index (χ3n) is 6.14. The summed E-state index contributed by atoms with van der Waals surface area (Å²) >= 11 is 0. The molecule has 28 heavy (non-hydrogen) atoms. The molecule has 3 saturated heterocycles. The highest BCUT2D eigenvalue weighted by molar-refractivity contribution is 7.88. The van der Waals surface area contributed by atoms with E-state index in [-0.39, 0.29) is 24.1 Å². The zero-order valence-corrected chi connectivity index (χ0v) is 16.2. The average molecular weight is 398 g/mol. The highest BCUT2D eigenvalue weighted by atomic mass is 32.2. The van der Waals surface area contributed by atoms with Gasteiger partial charge in [-0.05, 0) is 11.1 Å². The first-order valence-electron chi connectivity index (χ1n) is 9.56. The molecule has 3 atom stereocenters. The average Bonchev–Trinajstić information content (AvgIpc) is 3.32. The summed E-state index contributed by atoms with van der Waals surface area (Å²) in [7, 11) is -3.54. The van der Waals surface area contributed by atoms with Gasteiger partial charge in [-0.25, -0.2) is 8.42 Å². The lowest BCUT2D eigenvalue weighted by atomic mass is 10.0. The maximum absolute atomic E-state index is 13.1. The number of rotatable bonds is 4. The lowest BCUT2D eigenvalue weighted by Crippen LogP contribution is -2.49. The molecule has 1 spiro atoms. The molecule has 0 unspecified atom stereocenters. The van der Waals surface area contributed by atoms with Crippen molar-refractivity contribution >= 4 is 15.9 Å². The molecule has 0 bridgehead atoms. The number of sulfonamides is 1. The number of nitrogens with zero attached hydrogens (tertiary/aromatic N) is 2. The Morgan fingerprint density at radius 2 is 1.71 bits per heavy atom. The van der Waals surface area contributed by atoms with E-state index >= 15 is 0 Å². The third-order valence-corrected chi connectivity index (χ3v) is 7.99. The van der Waals surface area contributed by atoms with Gasteiger partial charge in [0.1, 0.15) is 0 Å². The van der Waals surface area contributed by atoms with E-state index in [0.29, 0.717) is 19.6 Å². The van der Waals surface area contributed by atoms with Crippen LogP contribution in [0.4, 0.5) is 0 Å². The Labute approximate surface area is 164 Å². The molecule has 3 aliphatic rings. The van der Waals surface area contributed by atoms with Gasteiger partial charge >= 0.3 is 0 Å². The Kier molecular flexibility index (Phi) is 4.08. The van der Waals surface area contributed by atoms with Gasteiger partial charge in [-0.2, -0.15) is 4.31 Å². The molecule has 0 N–H and O–H groups in total. The van der Waals surface area contributed by atoms with E-state index < -0.39 is 21.8 Å². The molecule has 0 radical (unpaired) electrons. The van der Waals surface area contributed by atoms with Crippen molar-refractivity contribution in [3.63, 3.8) is 0 Å². The molecule has 5 rings (SSSR count). The second-order valence-corrected chi connectivity index (χ2v) is 9.59. The fraction of sp³-hybridized carbons (Fsp3) is 0.381. The van der Waals surface area contributed by atoms with E-state index in [1.54, 1.807) is 0 Å². The smallest absolute Gasteiger partial charge is 0.227 e. The van der Waals surface area contributed by atoms with Gasteiger partial charge in [-0.15, -0.1) is 0 Å². The summed E-state index contributed by atoms with van der Waals surface area (Å²) in [5.74, 6) is -0.0903. The minimum absolute atomic E-state index is 0.0315. The molecule has 0 aliphatic carbocycles. The van der Waals surface area contributed by atoms with Crippen LogP contribution in [0.2, 0.25) is 0 Å². The van der Waals surface area contributed by atoms with Gasteiger partial charge in [0.2, 0.25) is 15.9 Å². The highest BCUT2D eigenvalue weighted by Crippen LogP contribution is 2.52. The minimum Gasteiger partial charge on any atom is -0.351 e.